The molecular formula is C14H14ClN5O. The number of rotatable bonds is 2. The summed E-state index contributed by atoms with van der Waals surface area (Å²) in [6, 6.07) is 7.97. The molecule has 3 aromatic rings. The van der Waals surface area contributed by atoms with Crippen molar-refractivity contribution < 1.29 is 17.4 Å². The SMILES string of the molecule is CN(C)c1ccc(-c2nc[nH+]c3ncc(=O)[nH]c23)cc1.[Cl-]. The minimum atomic E-state index is -0.245. The molecule has 0 fully saturated rings. The van der Waals surface area contributed by atoms with Gasteiger partial charge in [-0.2, -0.15) is 0 Å². The van der Waals surface area contributed by atoms with Crippen LogP contribution in [0.2, 0.25) is 0 Å². The Morgan fingerprint density at radius 3 is 2.52 bits per heavy atom. The average Bonchev–Trinajstić information content (AvgIpc) is 2.46. The molecule has 0 aliphatic rings. The molecule has 6 nitrogen and oxygen atoms in total. The molecule has 0 aliphatic heterocycles. The maximum atomic E-state index is 11.4. The van der Waals surface area contributed by atoms with Gasteiger partial charge in [-0.05, 0) is 24.3 Å². The van der Waals surface area contributed by atoms with Crippen LogP contribution in [-0.4, -0.2) is 29.0 Å². The zero-order valence-corrected chi connectivity index (χ0v) is 12.3. The van der Waals surface area contributed by atoms with Crippen LogP contribution in [0.5, 0.6) is 0 Å². The van der Waals surface area contributed by atoms with E-state index in [1.165, 1.54) is 6.20 Å². The van der Waals surface area contributed by atoms with E-state index in [0.717, 1.165) is 11.3 Å². The topological polar surface area (TPSA) is 76.0 Å². The molecule has 0 amide bonds. The quantitative estimate of drug-likeness (QED) is 0.587. The van der Waals surface area contributed by atoms with Crippen molar-refractivity contribution in [2.24, 2.45) is 0 Å². The Morgan fingerprint density at radius 1 is 1.14 bits per heavy atom. The van der Waals surface area contributed by atoms with Gasteiger partial charge in [0.2, 0.25) is 6.33 Å². The van der Waals surface area contributed by atoms with Gasteiger partial charge in [0.05, 0.1) is 0 Å². The summed E-state index contributed by atoms with van der Waals surface area (Å²) in [4.78, 5) is 27.5. The Morgan fingerprint density at radius 2 is 1.86 bits per heavy atom. The summed E-state index contributed by atoms with van der Waals surface area (Å²) >= 11 is 0. The van der Waals surface area contributed by atoms with Gasteiger partial charge in [0, 0.05) is 25.3 Å². The summed E-state index contributed by atoms with van der Waals surface area (Å²) in [6.45, 7) is 0. The number of aromatic nitrogens is 4. The molecule has 0 atom stereocenters. The number of hydrogen-bond donors (Lipinski definition) is 1. The highest BCUT2D eigenvalue weighted by Gasteiger charge is 2.13. The average molecular weight is 304 g/mol. The summed E-state index contributed by atoms with van der Waals surface area (Å²) in [7, 11) is 3.98. The van der Waals surface area contributed by atoms with Crippen molar-refractivity contribution in [1.29, 1.82) is 0 Å². The van der Waals surface area contributed by atoms with Crippen LogP contribution < -0.4 is 27.9 Å². The third kappa shape index (κ3) is 2.85. The lowest BCUT2D eigenvalue weighted by Crippen LogP contribution is -3.00. The second-order valence-electron chi connectivity index (χ2n) is 4.66. The largest absolute Gasteiger partial charge is 1.00 e. The summed E-state index contributed by atoms with van der Waals surface area (Å²) in [5.74, 6) is 0. The lowest BCUT2D eigenvalue weighted by Gasteiger charge is -2.12. The molecule has 0 radical (unpaired) electrons. The van der Waals surface area contributed by atoms with Crippen LogP contribution in [0.15, 0.2) is 41.6 Å². The fourth-order valence-electron chi connectivity index (χ4n) is 2.04. The number of halogens is 1. The van der Waals surface area contributed by atoms with Crippen molar-refractivity contribution in [3.8, 4) is 11.3 Å². The first-order valence-corrected chi connectivity index (χ1v) is 6.18. The molecule has 0 spiro atoms. The lowest BCUT2D eigenvalue weighted by atomic mass is 10.1. The van der Waals surface area contributed by atoms with E-state index in [4.69, 9.17) is 0 Å². The molecule has 2 heterocycles. The molecule has 2 N–H and O–H groups in total. The van der Waals surface area contributed by atoms with Crippen molar-refractivity contribution in [3.05, 3.63) is 47.1 Å². The summed E-state index contributed by atoms with van der Waals surface area (Å²) in [6.07, 6.45) is 2.82. The maximum absolute atomic E-state index is 11.4. The van der Waals surface area contributed by atoms with Crippen LogP contribution in [-0.2, 0) is 0 Å². The van der Waals surface area contributed by atoms with Gasteiger partial charge in [0.15, 0.2) is 17.4 Å². The minimum absolute atomic E-state index is 0. The standard InChI is InChI=1S/C14H13N5O.ClH/c1-19(2)10-5-3-9(4-6-10)12-13-14(17-8-16-12)15-7-11(20)18-13;/h3-8H,1-2H3,(H,18,20);1H. The van der Waals surface area contributed by atoms with Crippen LogP contribution in [0, 0.1) is 0 Å². The zero-order valence-electron chi connectivity index (χ0n) is 11.6. The summed E-state index contributed by atoms with van der Waals surface area (Å²) in [5.41, 5.74) is 3.70. The van der Waals surface area contributed by atoms with E-state index in [0.29, 0.717) is 16.9 Å². The molecule has 0 saturated heterocycles. The molecule has 2 aromatic heterocycles. The minimum Gasteiger partial charge on any atom is -1.00 e. The smallest absolute Gasteiger partial charge is 0.287 e. The predicted octanol–water partition coefficient (Wildman–Crippen LogP) is -2.13. The number of H-pyrrole nitrogens is 2. The van der Waals surface area contributed by atoms with Gasteiger partial charge >= 0.3 is 0 Å². The van der Waals surface area contributed by atoms with Crippen molar-refractivity contribution in [1.82, 2.24) is 15.0 Å². The molecule has 0 unspecified atom stereocenters. The van der Waals surface area contributed by atoms with E-state index in [2.05, 4.69) is 19.9 Å². The van der Waals surface area contributed by atoms with Gasteiger partial charge in [0.1, 0.15) is 0 Å². The molecular weight excluding hydrogens is 290 g/mol. The molecule has 0 bridgehead atoms. The molecule has 3 rings (SSSR count). The van der Waals surface area contributed by atoms with Crippen molar-refractivity contribution in [3.63, 3.8) is 0 Å². The van der Waals surface area contributed by atoms with Crippen molar-refractivity contribution in [2.75, 3.05) is 19.0 Å². The number of nitrogens with zero attached hydrogens (tertiary/aromatic N) is 3. The van der Waals surface area contributed by atoms with Crippen LogP contribution in [0.4, 0.5) is 5.69 Å². The predicted molar refractivity (Wildman–Crippen MR) is 76.5 cm³/mol. The van der Waals surface area contributed by atoms with E-state index in [1.807, 2.05) is 43.3 Å². The first kappa shape index (κ1) is 14.9. The first-order valence-electron chi connectivity index (χ1n) is 6.18. The van der Waals surface area contributed by atoms with E-state index in [9.17, 15) is 4.79 Å². The molecule has 0 saturated carbocycles. The Hall–Kier alpha value is -2.47. The number of fused-ring (bicyclic) bond motifs is 1. The third-order valence-corrected chi connectivity index (χ3v) is 3.08. The molecule has 1 aromatic carbocycles. The normalized spacial score (nSPS) is 10.2. The zero-order chi connectivity index (χ0) is 14.1. The highest BCUT2D eigenvalue weighted by atomic mass is 35.5. The molecule has 7 heteroatoms. The van der Waals surface area contributed by atoms with Crippen molar-refractivity contribution >= 4 is 16.9 Å². The Balaban J connectivity index is 0.00000161. The number of nitrogens with one attached hydrogen (secondary N) is 2. The monoisotopic (exact) mass is 303 g/mol. The Labute approximate surface area is 127 Å². The van der Waals surface area contributed by atoms with Gasteiger partial charge in [0.25, 0.3) is 11.2 Å². The summed E-state index contributed by atoms with van der Waals surface area (Å²) in [5, 5.41) is 0. The van der Waals surface area contributed by atoms with E-state index >= 15 is 0 Å². The fraction of sp³-hybridized carbons (Fsp3) is 0.143. The second kappa shape index (κ2) is 5.88. The van der Waals surface area contributed by atoms with Crippen LogP contribution in [0.1, 0.15) is 0 Å². The van der Waals surface area contributed by atoms with Gasteiger partial charge < -0.3 is 22.3 Å². The highest BCUT2D eigenvalue weighted by Crippen LogP contribution is 2.23. The lowest BCUT2D eigenvalue weighted by molar-refractivity contribution is -0.352. The number of anilines is 1. The number of aromatic amines is 2. The van der Waals surface area contributed by atoms with Crippen LogP contribution in [0.3, 0.4) is 0 Å². The highest BCUT2D eigenvalue weighted by molar-refractivity contribution is 5.84. The van der Waals surface area contributed by atoms with E-state index < -0.39 is 0 Å². The Bertz CT molecular complexity index is 813. The van der Waals surface area contributed by atoms with E-state index in [-0.39, 0.29) is 18.0 Å². The maximum Gasteiger partial charge on any atom is 0.287 e. The summed E-state index contributed by atoms with van der Waals surface area (Å²) < 4.78 is 0. The van der Waals surface area contributed by atoms with Gasteiger partial charge in [-0.25, -0.2) is 4.98 Å². The van der Waals surface area contributed by atoms with E-state index in [1.54, 1.807) is 6.33 Å². The van der Waals surface area contributed by atoms with Gasteiger partial charge in [-0.1, -0.05) is 0 Å². The van der Waals surface area contributed by atoms with Crippen LogP contribution >= 0.6 is 0 Å². The van der Waals surface area contributed by atoms with Gasteiger partial charge in [-0.15, -0.1) is 9.97 Å². The number of benzene rings is 1. The third-order valence-electron chi connectivity index (χ3n) is 3.08. The van der Waals surface area contributed by atoms with Crippen LogP contribution in [0.25, 0.3) is 22.4 Å². The van der Waals surface area contributed by atoms with Crippen molar-refractivity contribution in [2.45, 2.75) is 0 Å². The second-order valence-corrected chi connectivity index (χ2v) is 4.66. The molecule has 21 heavy (non-hydrogen) atoms. The first-order chi connectivity index (χ1) is 9.65. The fourth-order valence-corrected chi connectivity index (χ4v) is 2.04. The Kier molecular flexibility index (Phi) is 4.18. The molecule has 0 aliphatic carbocycles. The number of hydrogen-bond acceptors (Lipinski definition) is 4. The van der Waals surface area contributed by atoms with Gasteiger partial charge in [-0.3, -0.25) is 4.79 Å². The molecule has 108 valence electrons.